The first-order valence-corrected chi connectivity index (χ1v) is 7.75. The van der Waals surface area contributed by atoms with Gasteiger partial charge in [0.2, 0.25) is 0 Å². The van der Waals surface area contributed by atoms with Gasteiger partial charge in [-0.25, -0.2) is 0 Å². The van der Waals surface area contributed by atoms with Crippen molar-refractivity contribution in [3.8, 4) is 5.75 Å². The van der Waals surface area contributed by atoms with Crippen LogP contribution in [0.15, 0.2) is 24.3 Å². The Bertz CT molecular complexity index is 509. The third-order valence-electron chi connectivity index (χ3n) is 4.95. The summed E-state index contributed by atoms with van der Waals surface area (Å²) in [6, 6.07) is 8.06. The Hall–Kier alpha value is -1.55. The van der Waals surface area contributed by atoms with E-state index in [0.717, 1.165) is 43.8 Å². The second-order valence-electron chi connectivity index (χ2n) is 6.19. The Morgan fingerprint density at radius 2 is 2.10 bits per heavy atom. The number of carbonyl (C=O) groups excluding carboxylic acids is 1. The maximum Gasteiger partial charge on any atom is 0.258 e. The number of aryl methyl sites for hydroxylation is 1. The van der Waals surface area contributed by atoms with Crippen molar-refractivity contribution in [2.45, 2.75) is 38.6 Å². The molecule has 1 saturated carbocycles. The van der Waals surface area contributed by atoms with E-state index in [-0.39, 0.29) is 17.9 Å². The summed E-state index contributed by atoms with van der Waals surface area (Å²) < 4.78 is 11.0. The van der Waals surface area contributed by atoms with E-state index in [0.29, 0.717) is 6.04 Å². The van der Waals surface area contributed by atoms with Gasteiger partial charge in [-0.05, 0) is 49.7 Å². The molecule has 1 aliphatic heterocycles. The Labute approximate surface area is 125 Å². The van der Waals surface area contributed by atoms with Gasteiger partial charge in [-0.3, -0.25) is 4.79 Å². The van der Waals surface area contributed by atoms with E-state index in [9.17, 15) is 4.79 Å². The summed E-state index contributed by atoms with van der Waals surface area (Å²) in [5.41, 5.74) is 1.34. The zero-order chi connectivity index (χ0) is 14.7. The lowest BCUT2D eigenvalue weighted by Gasteiger charge is -2.52. The Morgan fingerprint density at radius 3 is 2.76 bits per heavy atom. The molecule has 4 nitrogen and oxygen atoms in total. The summed E-state index contributed by atoms with van der Waals surface area (Å²) in [4.78, 5) is 12.1. The van der Waals surface area contributed by atoms with Gasteiger partial charge in [0.05, 0.1) is 0 Å². The molecule has 4 heteroatoms. The number of amides is 1. The second-order valence-corrected chi connectivity index (χ2v) is 6.19. The molecule has 21 heavy (non-hydrogen) atoms. The van der Waals surface area contributed by atoms with Gasteiger partial charge in [0.25, 0.3) is 5.91 Å². The van der Waals surface area contributed by atoms with Gasteiger partial charge in [-0.15, -0.1) is 0 Å². The maximum absolute atomic E-state index is 12.1. The van der Waals surface area contributed by atoms with Gasteiger partial charge in [-0.2, -0.15) is 0 Å². The van der Waals surface area contributed by atoms with E-state index in [4.69, 9.17) is 9.47 Å². The average molecular weight is 289 g/mol. The van der Waals surface area contributed by atoms with E-state index in [1.807, 2.05) is 31.2 Å². The van der Waals surface area contributed by atoms with Crippen LogP contribution < -0.4 is 10.1 Å². The van der Waals surface area contributed by atoms with Crippen molar-refractivity contribution < 1.29 is 14.3 Å². The average Bonchev–Trinajstić information content (AvgIpc) is 2.51. The first-order chi connectivity index (χ1) is 10.2. The fraction of sp³-hybridized carbons (Fsp3) is 0.588. The smallest absolute Gasteiger partial charge is 0.258 e. The van der Waals surface area contributed by atoms with Crippen molar-refractivity contribution in [3.63, 3.8) is 0 Å². The minimum Gasteiger partial charge on any atom is -0.484 e. The van der Waals surface area contributed by atoms with Crippen LogP contribution in [0, 0.1) is 12.3 Å². The number of carbonyl (C=O) groups is 1. The van der Waals surface area contributed by atoms with Gasteiger partial charge >= 0.3 is 0 Å². The molecule has 114 valence electrons. The van der Waals surface area contributed by atoms with Crippen LogP contribution in [0.4, 0.5) is 0 Å². The molecule has 1 aliphatic carbocycles. The lowest BCUT2D eigenvalue weighted by atomic mass is 9.60. The lowest BCUT2D eigenvalue weighted by Crippen LogP contribution is -2.57. The van der Waals surface area contributed by atoms with Crippen molar-refractivity contribution in [3.05, 3.63) is 29.8 Å². The molecule has 1 atom stereocenters. The fourth-order valence-electron chi connectivity index (χ4n) is 3.40. The van der Waals surface area contributed by atoms with Crippen LogP contribution in [0.3, 0.4) is 0 Å². The largest absolute Gasteiger partial charge is 0.484 e. The standard InChI is InChI=1S/C17H23NO3/c1-13-4-2-3-5-14(13)21-12-16(19)18-15-6-7-17(15)8-10-20-11-9-17/h2-5,15H,6-12H2,1H3,(H,18,19). The zero-order valence-corrected chi connectivity index (χ0v) is 12.6. The maximum atomic E-state index is 12.1. The van der Waals surface area contributed by atoms with Gasteiger partial charge in [-0.1, -0.05) is 18.2 Å². The molecule has 3 rings (SSSR count). The van der Waals surface area contributed by atoms with E-state index >= 15 is 0 Å². The molecule has 0 bridgehead atoms. The quantitative estimate of drug-likeness (QED) is 0.926. The molecule has 1 unspecified atom stereocenters. The molecule has 1 spiro atoms. The van der Waals surface area contributed by atoms with Crippen LogP contribution in [0.2, 0.25) is 0 Å². The Morgan fingerprint density at radius 1 is 1.33 bits per heavy atom. The number of hydrogen-bond donors (Lipinski definition) is 1. The highest BCUT2D eigenvalue weighted by Gasteiger charge is 2.47. The summed E-state index contributed by atoms with van der Waals surface area (Å²) in [5.74, 6) is 0.760. The Balaban J connectivity index is 1.49. The molecule has 1 aromatic carbocycles. The predicted molar refractivity (Wildman–Crippen MR) is 80.3 cm³/mol. The van der Waals surface area contributed by atoms with Crippen molar-refractivity contribution in [2.75, 3.05) is 19.8 Å². The third-order valence-corrected chi connectivity index (χ3v) is 4.95. The minimum atomic E-state index is -0.0196. The predicted octanol–water partition coefficient (Wildman–Crippen LogP) is 2.45. The number of ether oxygens (including phenoxy) is 2. The van der Waals surface area contributed by atoms with Gasteiger partial charge in [0, 0.05) is 19.3 Å². The van der Waals surface area contributed by atoms with Crippen LogP contribution >= 0.6 is 0 Å². The molecule has 1 heterocycles. The monoisotopic (exact) mass is 289 g/mol. The van der Waals surface area contributed by atoms with Crippen LogP contribution in [0.1, 0.15) is 31.2 Å². The van der Waals surface area contributed by atoms with Crippen LogP contribution in [-0.4, -0.2) is 31.8 Å². The molecule has 2 aliphatic rings. The molecule has 2 fully saturated rings. The topological polar surface area (TPSA) is 47.6 Å². The fourth-order valence-corrected chi connectivity index (χ4v) is 3.40. The summed E-state index contributed by atoms with van der Waals surface area (Å²) in [6.45, 7) is 3.72. The highest BCUT2D eigenvalue weighted by atomic mass is 16.5. The van der Waals surface area contributed by atoms with E-state index in [1.54, 1.807) is 0 Å². The molecule has 1 aromatic rings. The van der Waals surface area contributed by atoms with E-state index in [2.05, 4.69) is 5.32 Å². The molecule has 1 amide bonds. The Kier molecular flexibility index (Phi) is 4.15. The highest BCUT2D eigenvalue weighted by Crippen LogP contribution is 2.48. The van der Waals surface area contributed by atoms with Crippen molar-refractivity contribution >= 4 is 5.91 Å². The minimum absolute atomic E-state index is 0.0196. The van der Waals surface area contributed by atoms with Gasteiger partial charge < -0.3 is 14.8 Å². The van der Waals surface area contributed by atoms with Crippen molar-refractivity contribution in [1.29, 1.82) is 0 Å². The zero-order valence-electron chi connectivity index (χ0n) is 12.6. The summed E-state index contributed by atoms with van der Waals surface area (Å²) in [7, 11) is 0. The lowest BCUT2D eigenvalue weighted by molar-refractivity contribution is -0.129. The second kappa shape index (κ2) is 6.06. The first-order valence-electron chi connectivity index (χ1n) is 7.75. The number of para-hydroxylation sites is 1. The molecule has 0 radical (unpaired) electrons. The van der Waals surface area contributed by atoms with Crippen LogP contribution in [0.25, 0.3) is 0 Å². The number of benzene rings is 1. The van der Waals surface area contributed by atoms with Gasteiger partial charge in [0.15, 0.2) is 6.61 Å². The van der Waals surface area contributed by atoms with Crippen molar-refractivity contribution in [2.24, 2.45) is 5.41 Å². The SMILES string of the molecule is Cc1ccccc1OCC(=O)NC1CCC12CCOCC2. The third kappa shape index (κ3) is 3.05. The first kappa shape index (κ1) is 14.4. The van der Waals surface area contributed by atoms with Crippen LogP contribution in [-0.2, 0) is 9.53 Å². The summed E-state index contributed by atoms with van der Waals surface area (Å²) >= 11 is 0. The number of nitrogens with one attached hydrogen (secondary N) is 1. The number of hydrogen-bond acceptors (Lipinski definition) is 3. The molecule has 1 N–H and O–H groups in total. The van der Waals surface area contributed by atoms with E-state index < -0.39 is 0 Å². The molecular weight excluding hydrogens is 266 g/mol. The normalized spacial score (nSPS) is 23.4. The summed E-state index contributed by atoms with van der Waals surface area (Å²) in [5, 5.41) is 3.15. The van der Waals surface area contributed by atoms with E-state index in [1.165, 1.54) is 6.42 Å². The molecule has 1 saturated heterocycles. The molecular formula is C17H23NO3. The highest BCUT2D eigenvalue weighted by molar-refractivity contribution is 5.78. The van der Waals surface area contributed by atoms with Crippen molar-refractivity contribution in [1.82, 2.24) is 5.32 Å². The summed E-state index contributed by atoms with van der Waals surface area (Å²) in [6.07, 6.45) is 4.42. The number of rotatable bonds is 4. The molecule has 0 aromatic heterocycles. The van der Waals surface area contributed by atoms with Gasteiger partial charge in [0.1, 0.15) is 5.75 Å². The van der Waals surface area contributed by atoms with Crippen LogP contribution in [0.5, 0.6) is 5.75 Å².